The fourth-order valence-corrected chi connectivity index (χ4v) is 2.49. The minimum absolute atomic E-state index is 0.00927. The van der Waals surface area contributed by atoms with Gasteiger partial charge in [-0.2, -0.15) is 13.2 Å². The van der Waals surface area contributed by atoms with E-state index in [4.69, 9.17) is 0 Å². The Labute approximate surface area is 123 Å². The normalized spacial score (nSPS) is 16.8. The van der Waals surface area contributed by atoms with Gasteiger partial charge in [0.05, 0.1) is 17.6 Å². The fraction of sp³-hybridized carbons (Fsp3) is 0.667. The summed E-state index contributed by atoms with van der Waals surface area (Å²) in [5, 5.41) is 3.31. The molecule has 1 fully saturated rings. The van der Waals surface area contributed by atoms with Gasteiger partial charge in [0, 0.05) is 12.1 Å². The summed E-state index contributed by atoms with van der Waals surface area (Å²) in [6.45, 7) is 4.02. The number of halogens is 3. The first-order valence-corrected chi connectivity index (χ1v) is 7.47. The summed E-state index contributed by atoms with van der Waals surface area (Å²) in [6, 6.07) is 3.75. The van der Waals surface area contributed by atoms with Gasteiger partial charge in [-0.1, -0.05) is 13.8 Å². The molecule has 3 nitrogen and oxygen atoms in total. The molecule has 0 saturated heterocycles. The van der Waals surface area contributed by atoms with E-state index in [-0.39, 0.29) is 12.1 Å². The van der Waals surface area contributed by atoms with E-state index in [1.54, 1.807) is 12.3 Å². The van der Waals surface area contributed by atoms with E-state index >= 15 is 0 Å². The molecule has 1 aliphatic rings. The van der Waals surface area contributed by atoms with Crippen LogP contribution in [0.5, 0.6) is 0 Å². The molecule has 1 N–H and O–H groups in total. The molecular weight excluding hydrogens is 279 g/mol. The molecule has 0 aromatic carbocycles. The van der Waals surface area contributed by atoms with Crippen molar-refractivity contribution in [2.24, 2.45) is 0 Å². The summed E-state index contributed by atoms with van der Waals surface area (Å²) < 4.78 is 38.0. The zero-order chi connectivity index (χ0) is 15.5. The number of anilines is 1. The quantitative estimate of drug-likeness (QED) is 0.833. The van der Waals surface area contributed by atoms with Gasteiger partial charge in [0.25, 0.3) is 0 Å². The Hall–Kier alpha value is -1.30. The van der Waals surface area contributed by atoms with Gasteiger partial charge < -0.3 is 10.2 Å². The lowest BCUT2D eigenvalue weighted by Crippen LogP contribution is -2.36. The van der Waals surface area contributed by atoms with Crippen LogP contribution in [-0.4, -0.2) is 30.3 Å². The maximum absolute atomic E-state index is 12.7. The van der Waals surface area contributed by atoms with Crippen molar-refractivity contribution in [2.75, 3.05) is 18.0 Å². The summed E-state index contributed by atoms with van der Waals surface area (Å²) in [5.41, 5.74) is 1.44. The Morgan fingerprint density at radius 3 is 2.48 bits per heavy atom. The van der Waals surface area contributed by atoms with Crippen LogP contribution in [0.2, 0.25) is 0 Å². The number of hydrogen-bond donors (Lipinski definition) is 1. The SMILES string of the molecule is CCNC(CC)c1ccc(N(CC(F)(F)F)C2CC2)cn1. The number of hydrogen-bond acceptors (Lipinski definition) is 3. The molecule has 2 rings (SSSR count). The largest absolute Gasteiger partial charge is 0.405 e. The molecule has 0 amide bonds. The molecule has 118 valence electrons. The van der Waals surface area contributed by atoms with Gasteiger partial charge in [0.2, 0.25) is 0 Å². The second-order valence-corrected chi connectivity index (χ2v) is 5.43. The molecule has 0 spiro atoms. The number of nitrogens with one attached hydrogen (secondary N) is 1. The zero-order valence-electron chi connectivity index (χ0n) is 12.5. The topological polar surface area (TPSA) is 28.2 Å². The highest BCUT2D eigenvalue weighted by Gasteiger charge is 2.38. The molecule has 21 heavy (non-hydrogen) atoms. The maximum Gasteiger partial charge on any atom is 0.405 e. The number of rotatable bonds is 7. The molecule has 1 aliphatic carbocycles. The first kappa shape index (κ1) is 16.1. The van der Waals surface area contributed by atoms with E-state index in [0.717, 1.165) is 31.5 Å². The van der Waals surface area contributed by atoms with E-state index in [1.807, 2.05) is 13.0 Å². The molecule has 1 unspecified atom stereocenters. The van der Waals surface area contributed by atoms with Gasteiger partial charge in [0.1, 0.15) is 6.54 Å². The van der Waals surface area contributed by atoms with E-state index in [0.29, 0.717) is 5.69 Å². The number of alkyl halides is 3. The third-order valence-corrected chi connectivity index (χ3v) is 3.66. The van der Waals surface area contributed by atoms with Crippen LogP contribution in [0.4, 0.5) is 18.9 Å². The van der Waals surface area contributed by atoms with Crippen LogP contribution in [0.1, 0.15) is 44.8 Å². The standard InChI is InChI=1S/C15H22F3N3/c1-3-13(19-4-2)14-8-7-12(9-20-14)21(11-5-6-11)10-15(16,17)18/h7-9,11,13,19H,3-6,10H2,1-2H3. The summed E-state index contributed by atoms with van der Waals surface area (Å²) in [7, 11) is 0. The lowest BCUT2D eigenvalue weighted by molar-refractivity contribution is -0.120. The Morgan fingerprint density at radius 2 is 2.05 bits per heavy atom. The van der Waals surface area contributed by atoms with Crippen molar-refractivity contribution in [3.05, 3.63) is 24.0 Å². The summed E-state index contributed by atoms with van der Waals surface area (Å²) >= 11 is 0. The molecule has 1 aromatic rings. The Balaban J connectivity index is 2.12. The predicted molar refractivity (Wildman–Crippen MR) is 77.4 cm³/mol. The molecule has 0 aliphatic heterocycles. The van der Waals surface area contributed by atoms with Gasteiger partial charge >= 0.3 is 6.18 Å². The minimum atomic E-state index is -4.18. The van der Waals surface area contributed by atoms with Crippen LogP contribution >= 0.6 is 0 Å². The fourth-order valence-electron chi connectivity index (χ4n) is 2.49. The zero-order valence-corrected chi connectivity index (χ0v) is 12.5. The highest BCUT2D eigenvalue weighted by Crippen LogP contribution is 2.34. The van der Waals surface area contributed by atoms with Gasteiger partial charge in [-0.15, -0.1) is 0 Å². The van der Waals surface area contributed by atoms with E-state index in [1.165, 1.54) is 4.90 Å². The van der Waals surface area contributed by atoms with Crippen molar-refractivity contribution >= 4 is 5.69 Å². The Kier molecular flexibility index (Phi) is 5.08. The molecular formula is C15H22F3N3. The maximum atomic E-state index is 12.7. The summed E-state index contributed by atoms with van der Waals surface area (Å²) in [5.74, 6) is 0. The Morgan fingerprint density at radius 1 is 1.33 bits per heavy atom. The highest BCUT2D eigenvalue weighted by molar-refractivity contribution is 5.47. The summed E-state index contributed by atoms with van der Waals surface area (Å²) in [6.07, 6.45) is -0.0644. The van der Waals surface area contributed by atoms with Crippen molar-refractivity contribution in [3.63, 3.8) is 0 Å². The van der Waals surface area contributed by atoms with Crippen LogP contribution in [-0.2, 0) is 0 Å². The molecule has 6 heteroatoms. The molecule has 1 atom stereocenters. The van der Waals surface area contributed by atoms with Crippen molar-refractivity contribution in [1.82, 2.24) is 10.3 Å². The number of nitrogens with zero attached hydrogens (tertiary/aromatic N) is 2. The smallest absolute Gasteiger partial charge is 0.358 e. The van der Waals surface area contributed by atoms with Gasteiger partial charge in [-0.3, -0.25) is 4.98 Å². The third-order valence-electron chi connectivity index (χ3n) is 3.66. The minimum Gasteiger partial charge on any atom is -0.358 e. The van der Waals surface area contributed by atoms with Gasteiger partial charge in [0.15, 0.2) is 0 Å². The lowest BCUT2D eigenvalue weighted by atomic mass is 10.1. The van der Waals surface area contributed by atoms with Crippen LogP contribution in [0, 0.1) is 0 Å². The first-order valence-electron chi connectivity index (χ1n) is 7.47. The first-order chi connectivity index (χ1) is 9.94. The molecule has 1 saturated carbocycles. The van der Waals surface area contributed by atoms with Crippen molar-refractivity contribution in [1.29, 1.82) is 0 Å². The van der Waals surface area contributed by atoms with Crippen LogP contribution in [0.15, 0.2) is 18.3 Å². The lowest BCUT2D eigenvalue weighted by Gasteiger charge is -2.26. The van der Waals surface area contributed by atoms with Crippen LogP contribution < -0.4 is 10.2 Å². The van der Waals surface area contributed by atoms with Crippen molar-refractivity contribution in [3.8, 4) is 0 Å². The van der Waals surface area contributed by atoms with Crippen LogP contribution in [0.25, 0.3) is 0 Å². The average Bonchev–Trinajstić information content (AvgIpc) is 3.26. The highest BCUT2D eigenvalue weighted by atomic mass is 19.4. The second-order valence-electron chi connectivity index (χ2n) is 5.43. The van der Waals surface area contributed by atoms with E-state index < -0.39 is 12.7 Å². The van der Waals surface area contributed by atoms with Crippen molar-refractivity contribution < 1.29 is 13.2 Å². The number of aromatic nitrogens is 1. The molecule has 0 bridgehead atoms. The molecule has 1 heterocycles. The monoisotopic (exact) mass is 301 g/mol. The Bertz CT molecular complexity index is 440. The van der Waals surface area contributed by atoms with Gasteiger partial charge in [-0.05, 0) is 37.9 Å². The average molecular weight is 301 g/mol. The predicted octanol–water partition coefficient (Wildman–Crippen LogP) is 3.67. The van der Waals surface area contributed by atoms with Crippen LogP contribution in [0.3, 0.4) is 0 Å². The van der Waals surface area contributed by atoms with Crippen molar-refractivity contribution in [2.45, 2.75) is 51.4 Å². The third kappa shape index (κ3) is 4.59. The molecule has 1 aromatic heterocycles. The summed E-state index contributed by atoms with van der Waals surface area (Å²) in [4.78, 5) is 5.78. The van der Waals surface area contributed by atoms with Gasteiger partial charge in [-0.25, -0.2) is 0 Å². The second kappa shape index (κ2) is 6.64. The van der Waals surface area contributed by atoms with E-state index in [9.17, 15) is 13.2 Å². The molecule has 0 radical (unpaired) electrons. The van der Waals surface area contributed by atoms with E-state index in [2.05, 4.69) is 17.2 Å². The number of pyridine rings is 1.